The molecular formula is C24H39NO5. The molecule has 0 aromatic heterocycles. The Morgan fingerprint density at radius 3 is 2.30 bits per heavy atom. The lowest BCUT2D eigenvalue weighted by molar-refractivity contribution is -0.149. The van der Waals surface area contributed by atoms with Crippen molar-refractivity contribution >= 4 is 12.1 Å². The first kappa shape index (κ1) is 25.8. The smallest absolute Gasteiger partial charge is 0.410 e. The minimum absolute atomic E-state index is 0.295. The number of aryl methyl sites for hydroxylation is 1. The van der Waals surface area contributed by atoms with Crippen LogP contribution in [-0.4, -0.2) is 48.9 Å². The number of nitrogens with zero attached hydrogens (tertiary/aromatic N) is 1. The van der Waals surface area contributed by atoms with E-state index in [1.54, 1.807) is 27.8 Å². The van der Waals surface area contributed by atoms with Gasteiger partial charge in [0, 0.05) is 13.5 Å². The molecule has 0 heterocycles. The first-order valence-corrected chi connectivity index (χ1v) is 10.9. The molecule has 0 N–H and O–H groups in total. The molecule has 0 radical (unpaired) electrons. The molecule has 0 saturated carbocycles. The molecule has 0 saturated heterocycles. The van der Waals surface area contributed by atoms with Gasteiger partial charge >= 0.3 is 12.1 Å². The third-order valence-electron chi connectivity index (χ3n) is 4.55. The summed E-state index contributed by atoms with van der Waals surface area (Å²) in [7, 11) is 1.58. The van der Waals surface area contributed by atoms with E-state index in [0.29, 0.717) is 19.6 Å². The molecule has 0 bridgehead atoms. The highest BCUT2D eigenvalue weighted by atomic mass is 16.6. The number of unbranched alkanes of at least 4 members (excludes halogenated alkanes) is 2. The highest BCUT2D eigenvalue weighted by molar-refractivity contribution is 5.82. The van der Waals surface area contributed by atoms with Crippen molar-refractivity contribution in [3.8, 4) is 5.75 Å². The van der Waals surface area contributed by atoms with Crippen LogP contribution in [0.4, 0.5) is 4.79 Å². The topological polar surface area (TPSA) is 65.1 Å². The Kier molecular flexibility index (Phi) is 10.7. The Bertz CT molecular complexity index is 681. The average molecular weight is 422 g/mol. The van der Waals surface area contributed by atoms with Crippen molar-refractivity contribution in [2.75, 3.05) is 20.3 Å². The molecular weight excluding hydrogens is 382 g/mol. The standard InChI is InChI=1S/C24H39NO5/c1-8-10-14-28-21-13-12-18(3)16-19(21)17-20(22(26)29-15-11-9-2)25(7)23(27)30-24(4,5)6/h12-13,16,20H,8-11,14-15,17H2,1-7H3/t20-/m0/s1. The molecule has 170 valence electrons. The highest BCUT2D eigenvalue weighted by Crippen LogP contribution is 2.24. The van der Waals surface area contributed by atoms with Gasteiger partial charge in [-0.15, -0.1) is 0 Å². The van der Waals surface area contributed by atoms with Gasteiger partial charge in [-0.2, -0.15) is 0 Å². The van der Waals surface area contributed by atoms with E-state index in [2.05, 4.69) is 6.92 Å². The predicted octanol–water partition coefficient (Wildman–Crippen LogP) is 5.30. The second kappa shape index (κ2) is 12.5. The number of rotatable bonds is 11. The maximum absolute atomic E-state index is 12.9. The van der Waals surface area contributed by atoms with Crippen LogP contribution in [0.15, 0.2) is 18.2 Å². The SMILES string of the molecule is CCCCOC(=O)[C@H](Cc1cc(C)ccc1OCCCC)N(C)C(=O)OC(C)(C)C. The molecule has 0 aliphatic carbocycles. The lowest BCUT2D eigenvalue weighted by atomic mass is 10.0. The number of hydrogen-bond acceptors (Lipinski definition) is 5. The summed E-state index contributed by atoms with van der Waals surface area (Å²) in [4.78, 5) is 26.9. The van der Waals surface area contributed by atoms with Gasteiger partial charge in [-0.25, -0.2) is 9.59 Å². The summed E-state index contributed by atoms with van der Waals surface area (Å²) < 4.78 is 16.9. The molecule has 1 aromatic rings. The van der Waals surface area contributed by atoms with E-state index in [1.807, 2.05) is 32.0 Å². The van der Waals surface area contributed by atoms with Crippen molar-refractivity contribution in [3.63, 3.8) is 0 Å². The molecule has 0 unspecified atom stereocenters. The Hall–Kier alpha value is -2.24. The largest absolute Gasteiger partial charge is 0.493 e. The number of hydrogen-bond donors (Lipinski definition) is 0. The number of amides is 1. The summed E-state index contributed by atoms with van der Waals surface area (Å²) in [5, 5.41) is 0. The molecule has 30 heavy (non-hydrogen) atoms. The number of likely N-dealkylation sites (N-methyl/N-ethyl adjacent to an activating group) is 1. The maximum atomic E-state index is 12.9. The van der Waals surface area contributed by atoms with Gasteiger partial charge in [0.2, 0.25) is 0 Å². The minimum Gasteiger partial charge on any atom is -0.493 e. The van der Waals surface area contributed by atoms with Crippen LogP contribution in [0.1, 0.15) is 71.4 Å². The zero-order chi connectivity index (χ0) is 22.7. The van der Waals surface area contributed by atoms with Crippen LogP contribution >= 0.6 is 0 Å². The normalized spacial score (nSPS) is 12.2. The molecule has 6 heteroatoms. The van der Waals surface area contributed by atoms with Gasteiger partial charge in [-0.3, -0.25) is 4.90 Å². The van der Waals surface area contributed by atoms with Crippen molar-refractivity contribution < 1.29 is 23.8 Å². The number of ether oxygens (including phenoxy) is 3. The Morgan fingerprint density at radius 2 is 1.70 bits per heavy atom. The zero-order valence-electron chi connectivity index (χ0n) is 19.7. The summed E-state index contributed by atoms with van der Waals surface area (Å²) in [6.45, 7) is 12.5. The van der Waals surface area contributed by atoms with E-state index < -0.39 is 23.7 Å². The number of carbonyl (C=O) groups is 2. The zero-order valence-corrected chi connectivity index (χ0v) is 19.7. The monoisotopic (exact) mass is 421 g/mol. The molecule has 0 fully saturated rings. The summed E-state index contributed by atoms with van der Waals surface area (Å²) in [6.07, 6.45) is 3.44. The van der Waals surface area contributed by atoms with Crippen molar-refractivity contribution in [3.05, 3.63) is 29.3 Å². The summed E-state index contributed by atoms with van der Waals surface area (Å²) in [5.74, 6) is 0.302. The molecule has 0 aliphatic rings. The molecule has 0 aliphatic heterocycles. The third kappa shape index (κ3) is 9.06. The average Bonchev–Trinajstić information content (AvgIpc) is 2.66. The van der Waals surface area contributed by atoms with E-state index in [1.165, 1.54) is 4.90 Å². The molecule has 1 amide bonds. The quantitative estimate of drug-likeness (QED) is 0.358. The van der Waals surface area contributed by atoms with Gasteiger partial charge in [0.1, 0.15) is 17.4 Å². The van der Waals surface area contributed by atoms with E-state index in [0.717, 1.165) is 42.6 Å². The van der Waals surface area contributed by atoms with Crippen molar-refractivity contribution in [1.29, 1.82) is 0 Å². The summed E-state index contributed by atoms with van der Waals surface area (Å²) >= 11 is 0. The number of benzene rings is 1. The lowest BCUT2D eigenvalue weighted by Gasteiger charge is -2.30. The molecule has 1 rings (SSSR count). The van der Waals surface area contributed by atoms with E-state index in [-0.39, 0.29) is 0 Å². The first-order chi connectivity index (χ1) is 14.1. The van der Waals surface area contributed by atoms with Gasteiger partial charge in [0.15, 0.2) is 0 Å². The van der Waals surface area contributed by atoms with Crippen LogP contribution < -0.4 is 4.74 Å². The van der Waals surface area contributed by atoms with Crippen LogP contribution in [-0.2, 0) is 20.7 Å². The fourth-order valence-electron chi connectivity index (χ4n) is 2.80. The van der Waals surface area contributed by atoms with Gasteiger partial charge in [-0.05, 0) is 52.2 Å². The second-order valence-electron chi connectivity index (χ2n) is 8.65. The van der Waals surface area contributed by atoms with Crippen LogP contribution in [0, 0.1) is 6.92 Å². The maximum Gasteiger partial charge on any atom is 0.410 e. The Morgan fingerprint density at radius 1 is 1.07 bits per heavy atom. The second-order valence-corrected chi connectivity index (χ2v) is 8.65. The van der Waals surface area contributed by atoms with Gasteiger partial charge in [-0.1, -0.05) is 44.4 Å². The van der Waals surface area contributed by atoms with Crippen LogP contribution in [0.25, 0.3) is 0 Å². The summed E-state index contributed by atoms with van der Waals surface area (Å²) in [6, 6.07) is 5.10. The van der Waals surface area contributed by atoms with E-state index in [9.17, 15) is 9.59 Å². The minimum atomic E-state index is -0.799. The van der Waals surface area contributed by atoms with Crippen molar-refractivity contribution in [1.82, 2.24) is 4.90 Å². The van der Waals surface area contributed by atoms with Crippen molar-refractivity contribution in [2.24, 2.45) is 0 Å². The first-order valence-electron chi connectivity index (χ1n) is 10.9. The van der Waals surface area contributed by atoms with Gasteiger partial charge in [0.25, 0.3) is 0 Å². The fraction of sp³-hybridized carbons (Fsp3) is 0.667. The fourth-order valence-corrected chi connectivity index (χ4v) is 2.80. The Balaban J connectivity index is 3.11. The van der Waals surface area contributed by atoms with Crippen LogP contribution in [0.3, 0.4) is 0 Å². The summed E-state index contributed by atoms with van der Waals surface area (Å²) in [5.41, 5.74) is 1.28. The van der Waals surface area contributed by atoms with Gasteiger partial charge < -0.3 is 14.2 Å². The Labute approximate surface area is 181 Å². The number of esters is 1. The van der Waals surface area contributed by atoms with Crippen LogP contribution in [0.2, 0.25) is 0 Å². The molecule has 6 nitrogen and oxygen atoms in total. The highest BCUT2D eigenvalue weighted by Gasteiger charge is 2.32. The van der Waals surface area contributed by atoms with Crippen LogP contribution in [0.5, 0.6) is 5.75 Å². The third-order valence-corrected chi connectivity index (χ3v) is 4.55. The number of carbonyl (C=O) groups excluding carboxylic acids is 2. The molecule has 0 spiro atoms. The predicted molar refractivity (Wildman–Crippen MR) is 119 cm³/mol. The van der Waals surface area contributed by atoms with Crippen molar-refractivity contribution in [2.45, 2.75) is 85.3 Å². The van der Waals surface area contributed by atoms with E-state index >= 15 is 0 Å². The van der Waals surface area contributed by atoms with E-state index in [4.69, 9.17) is 14.2 Å². The molecule has 1 aromatic carbocycles. The molecule has 1 atom stereocenters. The lowest BCUT2D eigenvalue weighted by Crippen LogP contribution is -2.46. The van der Waals surface area contributed by atoms with Gasteiger partial charge in [0.05, 0.1) is 13.2 Å².